The first-order valence-electron chi connectivity index (χ1n) is 7.63. The average molecular weight is 273 g/mol. The highest BCUT2D eigenvalue weighted by Gasteiger charge is 2.34. The molecule has 5 rings (SSSR count). The Morgan fingerprint density at radius 3 is 2.71 bits per heavy atom. The van der Waals surface area contributed by atoms with E-state index in [-0.39, 0.29) is 0 Å². The lowest BCUT2D eigenvalue weighted by Crippen LogP contribution is -2.42. The molecule has 0 spiro atoms. The van der Waals surface area contributed by atoms with Crippen LogP contribution in [0.1, 0.15) is 31.4 Å². The molecule has 4 aromatic rings. The van der Waals surface area contributed by atoms with Crippen molar-refractivity contribution in [3.8, 4) is 0 Å². The zero-order valence-corrected chi connectivity index (χ0v) is 12.2. The minimum Gasteiger partial charge on any atom is -0.219 e. The van der Waals surface area contributed by atoms with Crippen LogP contribution >= 0.6 is 0 Å². The van der Waals surface area contributed by atoms with E-state index in [2.05, 4.69) is 77.5 Å². The third-order valence-corrected chi connectivity index (χ3v) is 5.23. The number of aromatic nitrogens is 2. The van der Waals surface area contributed by atoms with Gasteiger partial charge in [0.2, 0.25) is 0 Å². The second-order valence-corrected chi connectivity index (χ2v) is 6.21. The van der Waals surface area contributed by atoms with E-state index in [1.807, 2.05) is 0 Å². The highest BCUT2D eigenvalue weighted by molar-refractivity contribution is 5.98. The fourth-order valence-corrected chi connectivity index (χ4v) is 4.02. The number of hydrogen-bond acceptors (Lipinski definition) is 0. The maximum absolute atomic E-state index is 2.52. The maximum Gasteiger partial charge on any atom is 0.295 e. The van der Waals surface area contributed by atoms with Crippen LogP contribution in [0.5, 0.6) is 0 Å². The zero-order valence-electron chi connectivity index (χ0n) is 12.2. The molecule has 0 N–H and O–H groups in total. The van der Waals surface area contributed by atoms with Crippen molar-refractivity contribution in [3.63, 3.8) is 0 Å². The van der Waals surface area contributed by atoms with Crippen molar-refractivity contribution in [1.29, 1.82) is 0 Å². The molecule has 2 nitrogen and oxygen atoms in total. The first-order chi connectivity index (χ1) is 10.3. The van der Waals surface area contributed by atoms with Gasteiger partial charge in [-0.25, -0.2) is 4.57 Å². The molecule has 2 heteroatoms. The quantitative estimate of drug-likeness (QED) is 0.424. The second kappa shape index (κ2) is 3.64. The molecule has 1 unspecified atom stereocenters. The van der Waals surface area contributed by atoms with E-state index in [4.69, 9.17) is 0 Å². The van der Waals surface area contributed by atoms with Crippen molar-refractivity contribution in [2.75, 3.05) is 0 Å². The number of benzene rings is 2. The Kier molecular flexibility index (Phi) is 1.96. The number of fused-ring (bicyclic) bond motifs is 3. The molecule has 0 fully saturated rings. The molecule has 0 amide bonds. The van der Waals surface area contributed by atoms with Gasteiger partial charge in [0.15, 0.2) is 11.0 Å². The Morgan fingerprint density at radius 1 is 0.952 bits per heavy atom. The first kappa shape index (κ1) is 11.3. The molecule has 0 bridgehead atoms. The van der Waals surface area contributed by atoms with Crippen LogP contribution < -0.4 is 4.57 Å². The van der Waals surface area contributed by atoms with Crippen LogP contribution in [0.15, 0.2) is 54.7 Å². The van der Waals surface area contributed by atoms with E-state index in [0.29, 0.717) is 12.0 Å². The van der Waals surface area contributed by atoms with Crippen LogP contribution in [0.2, 0.25) is 0 Å². The standard InChI is InChI=1S/C19H17N2/c1-12-13(2)21-17-9-4-3-8-16(17)20-11-10-14-6-5-7-15(12)18(14)19(20)21/h3-13H,1-2H3/q+1/t12?,13-/m1/s1. The van der Waals surface area contributed by atoms with E-state index in [1.165, 1.54) is 33.0 Å². The first-order valence-corrected chi connectivity index (χ1v) is 7.63. The number of imidazole rings is 1. The predicted molar refractivity (Wildman–Crippen MR) is 85.7 cm³/mol. The Bertz CT molecular complexity index is 1030. The molecule has 0 saturated heterocycles. The molecule has 102 valence electrons. The van der Waals surface area contributed by atoms with Gasteiger partial charge in [0.25, 0.3) is 5.65 Å². The number of rotatable bonds is 0. The monoisotopic (exact) mass is 273 g/mol. The highest BCUT2D eigenvalue weighted by atomic mass is 15.1. The molecule has 3 heterocycles. The third kappa shape index (κ3) is 1.21. The van der Waals surface area contributed by atoms with Gasteiger partial charge in [-0.3, -0.25) is 0 Å². The minimum absolute atomic E-state index is 0.473. The lowest BCUT2D eigenvalue weighted by molar-refractivity contribution is -0.674. The minimum atomic E-state index is 0.473. The number of para-hydroxylation sites is 2. The summed E-state index contributed by atoms with van der Waals surface area (Å²) in [5.74, 6) is 0.531. The van der Waals surface area contributed by atoms with E-state index in [9.17, 15) is 0 Å². The van der Waals surface area contributed by atoms with Crippen molar-refractivity contribution < 1.29 is 4.57 Å². The molecule has 0 radical (unpaired) electrons. The summed E-state index contributed by atoms with van der Waals surface area (Å²) in [6.45, 7) is 4.69. The second-order valence-electron chi connectivity index (χ2n) is 6.21. The van der Waals surface area contributed by atoms with E-state index >= 15 is 0 Å². The smallest absolute Gasteiger partial charge is 0.219 e. The number of hydrogen-bond donors (Lipinski definition) is 0. The lowest BCUT2D eigenvalue weighted by atomic mass is 9.88. The predicted octanol–water partition coefficient (Wildman–Crippen LogP) is 4.21. The van der Waals surface area contributed by atoms with Crippen LogP contribution in [0, 0.1) is 0 Å². The van der Waals surface area contributed by atoms with Crippen LogP contribution in [0.25, 0.3) is 27.5 Å². The average Bonchev–Trinajstić information content (AvgIpc) is 2.87. The van der Waals surface area contributed by atoms with Gasteiger partial charge in [0, 0.05) is 5.92 Å². The normalized spacial score (nSPS) is 20.9. The Labute approximate surface area is 123 Å². The summed E-state index contributed by atoms with van der Waals surface area (Å²) in [7, 11) is 0. The fraction of sp³-hybridized carbons (Fsp3) is 0.211. The summed E-state index contributed by atoms with van der Waals surface area (Å²) in [6, 6.07) is 18.2. The molecule has 0 aliphatic carbocycles. The number of nitrogens with zero attached hydrogens (tertiary/aromatic N) is 2. The van der Waals surface area contributed by atoms with E-state index < -0.39 is 0 Å². The van der Waals surface area contributed by atoms with Crippen molar-refractivity contribution in [1.82, 2.24) is 4.40 Å². The van der Waals surface area contributed by atoms with E-state index in [1.54, 1.807) is 0 Å². The van der Waals surface area contributed by atoms with Crippen molar-refractivity contribution in [2.24, 2.45) is 0 Å². The molecular weight excluding hydrogens is 256 g/mol. The Balaban J connectivity index is 2.19. The SMILES string of the molecule is CC1c2cccc3ccn4c5ccccc5[n+](c4c23)[C@@H]1C. The molecule has 0 saturated carbocycles. The van der Waals surface area contributed by atoms with Gasteiger partial charge >= 0.3 is 0 Å². The summed E-state index contributed by atoms with van der Waals surface area (Å²) in [4.78, 5) is 0. The van der Waals surface area contributed by atoms with E-state index in [0.717, 1.165) is 0 Å². The van der Waals surface area contributed by atoms with Crippen LogP contribution in [0.4, 0.5) is 0 Å². The van der Waals surface area contributed by atoms with Crippen molar-refractivity contribution >= 4 is 27.5 Å². The van der Waals surface area contributed by atoms with Crippen molar-refractivity contribution in [3.05, 3.63) is 60.3 Å². The molecule has 2 atom stereocenters. The topological polar surface area (TPSA) is 8.29 Å². The fourth-order valence-electron chi connectivity index (χ4n) is 4.02. The largest absolute Gasteiger partial charge is 0.295 e. The number of pyridine rings is 1. The Morgan fingerprint density at radius 2 is 1.81 bits per heavy atom. The van der Waals surface area contributed by atoms with Gasteiger partial charge in [-0.2, -0.15) is 4.40 Å². The highest BCUT2D eigenvalue weighted by Crippen LogP contribution is 2.38. The van der Waals surface area contributed by atoms with Crippen molar-refractivity contribution in [2.45, 2.75) is 25.8 Å². The summed E-state index contributed by atoms with van der Waals surface area (Å²) in [5, 5.41) is 2.76. The maximum atomic E-state index is 2.52. The molecule has 1 aliphatic rings. The summed E-state index contributed by atoms with van der Waals surface area (Å²) in [6.07, 6.45) is 2.21. The molecule has 1 aliphatic heterocycles. The summed E-state index contributed by atoms with van der Waals surface area (Å²) in [5.41, 5.74) is 5.45. The van der Waals surface area contributed by atoms with Crippen LogP contribution in [0.3, 0.4) is 0 Å². The molecular formula is C19H17N2+. The van der Waals surface area contributed by atoms with Crippen LogP contribution in [-0.2, 0) is 0 Å². The lowest BCUT2D eigenvalue weighted by Gasteiger charge is -2.24. The zero-order chi connectivity index (χ0) is 14.1. The Hall–Kier alpha value is -2.35. The molecule has 2 aromatic heterocycles. The molecule has 21 heavy (non-hydrogen) atoms. The van der Waals surface area contributed by atoms with Gasteiger partial charge in [-0.05, 0) is 36.1 Å². The van der Waals surface area contributed by atoms with Gasteiger partial charge < -0.3 is 0 Å². The van der Waals surface area contributed by atoms with Gasteiger partial charge in [0.1, 0.15) is 6.04 Å². The third-order valence-electron chi connectivity index (χ3n) is 5.23. The van der Waals surface area contributed by atoms with Gasteiger partial charge in [-0.15, -0.1) is 0 Å². The molecule has 2 aromatic carbocycles. The summed E-state index contributed by atoms with van der Waals surface area (Å²) >= 11 is 0. The van der Waals surface area contributed by atoms with Gasteiger partial charge in [0.05, 0.1) is 11.6 Å². The summed E-state index contributed by atoms with van der Waals surface area (Å²) < 4.78 is 4.87. The van der Waals surface area contributed by atoms with Crippen LogP contribution in [-0.4, -0.2) is 4.40 Å². The van der Waals surface area contributed by atoms with Gasteiger partial charge in [-0.1, -0.05) is 37.3 Å².